The van der Waals surface area contributed by atoms with Crippen LogP contribution in [-0.2, 0) is 10.1 Å². The monoisotopic (exact) mass is 286 g/mol. The maximum absolute atomic E-state index is 11.7. The molecule has 1 amide bonds. The standard InChI is InChI=1S/C11H14N2O5S/c12-10-5-8(7-14)4-9(6-10)11(15)13-2-1-3-19(16,17)18/h4-7H,1-3,12H2,(H,13,15)(H,16,17,18). The number of carbonyl (C=O) groups is 2. The summed E-state index contributed by atoms with van der Waals surface area (Å²) in [5.41, 5.74) is 6.32. The lowest BCUT2D eigenvalue weighted by Crippen LogP contribution is -2.26. The Morgan fingerprint density at radius 2 is 2.05 bits per heavy atom. The summed E-state index contributed by atoms with van der Waals surface area (Å²) in [5.74, 6) is -0.894. The molecule has 0 atom stereocenters. The number of hydrogen-bond acceptors (Lipinski definition) is 5. The van der Waals surface area contributed by atoms with Gasteiger partial charge in [0.1, 0.15) is 6.29 Å². The second-order valence-electron chi connectivity index (χ2n) is 3.90. The first kappa shape index (κ1) is 15.1. The molecule has 0 fully saturated rings. The molecule has 0 bridgehead atoms. The SMILES string of the molecule is Nc1cc(C=O)cc(C(=O)NCCCS(=O)(=O)O)c1. The molecule has 8 heteroatoms. The van der Waals surface area contributed by atoms with Gasteiger partial charge >= 0.3 is 0 Å². The number of rotatable bonds is 6. The summed E-state index contributed by atoms with van der Waals surface area (Å²) in [6.45, 7) is 0.0871. The fourth-order valence-corrected chi connectivity index (χ4v) is 1.94. The highest BCUT2D eigenvalue weighted by Gasteiger charge is 2.09. The molecule has 1 aromatic rings. The minimum absolute atomic E-state index is 0.0871. The van der Waals surface area contributed by atoms with Gasteiger partial charge in [-0.25, -0.2) is 0 Å². The van der Waals surface area contributed by atoms with Gasteiger partial charge in [-0.1, -0.05) is 0 Å². The van der Waals surface area contributed by atoms with Crippen molar-refractivity contribution in [3.05, 3.63) is 29.3 Å². The highest BCUT2D eigenvalue weighted by atomic mass is 32.2. The summed E-state index contributed by atoms with van der Waals surface area (Å²) in [4.78, 5) is 22.3. The third-order valence-electron chi connectivity index (χ3n) is 2.24. The molecule has 0 aliphatic heterocycles. The molecule has 0 aromatic heterocycles. The molecular formula is C11H14N2O5S. The number of amides is 1. The van der Waals surface area contributed by atoms with Crippen molar-refractivity contribution >= 4 is 28.0 Å². The van der Waals surface area contributed by atoms with Crippen LogP contribution in [0.3, 0.4) is 0 Å². The molecule has 1 rings (SSSR count). The highest BCUT2D eigenvalue weighted by molar-refractivity contribution is 7.85. The Morgan fingerprint density at radius 1 is 1.37 bits per heavy atom. The van der Waals surface area contributed by atoms with Crippen molar-refractivity contribution < 1.29 is 22.6 Å². The largest absolute Gasteiger partial charge is 0.399 e. The third kappa shape index (κ3) is 5.49. The first-order chi connectivity index (χ1) is 8.81. The van der Waals surface area contributed by atoms with Crippen LogP contribution < -0.4 is 11.1 Å². The predicted octanol–water partition coefficient (Wildman–Crippen LogP) is 0.0890. The zero-order chi connectivity index (χ0) is 14.5. The molecule has 0 aliphatic rings. The van der Waals surface area contributed by atoms with E-state index in [4.69, 9.17) is 10.3 Å². The van der Waals surface area contributed by atoms with Crippen molar-refractivity contribution in [3.63, 3.8) is 0 Å². The number of benzene rings is 1. The Labute approximate surface area is 110 Å². The number of nitrogen functional groups attached to an aromatic ring is 1. The number of aldehydes is 1. The number of hydrogen-bond donors (Lipinski definition) is 3. The van der Waals surface area contributed by atoms with Gasteiger partial charge in [-0.3, -0.25) is 14.1 Å². The zero-order valence-corrected chi connectivity index (χ0v) is 10.8. The van der Waals surface area contributed by atoms with E-state index in [0.29, 0.717) is 6.29 Å². The summed E-state index contributed by atoms with van der Waals surface area (Å²) >= 11 is 0. The fraction of sp³-hybridized carbons (Fsp3) is 0.273. The van der Waals surface area contributed by atoms with E-state index >= 15 is 0 Å². The van der Waals surface area contributed by atoms with Gasteiger partial charge in [0.2, 0.25) is 0 Å². The van der Waals surface area contributed by atoms with Crippen LogP contribution in [0.5, 0.6) is 0 Å². The molecule has 4 N–H and O–H groups in total. The molecule has 0 spiro atoms. The average Bonchev–Trinajstić information content (AvgIpc) is 2.32. The average molecular weight is 286 g/mol. The van der Waals surface area contributed by atoms with Crippen LogP contribution in [0, 0.1) is 0 Å². The van der Waals surface area contributed by atoms with Gasteiger partial charge in [0.15, 0.2) is 0 Å². The molecule has 0 unspecified atom stereocenters. The van der Waals surface area contributed by atoms with Crippen LogP contribution in [0.15, 0.2) is 18.2 Å². The molecule has 7 nitrogen and oxygen atoms in total. The Bertz CT molecular complexity index is 583. The Hall–Kier alpha value is -1.93. The molecule has 1 aromatic carbocycles. The topological polar surface area (TPSA) is 127 Å². The molecule has 0 heterocycles. The molecule has 0 radical (unpaired) electrons. The van der Waals surface area contributed by atoms with Crippen molar-refractivity contribution in [2.75, 3.05) is 18.0 Å². The number of carbonyl (C=O) groups excluding carboxylic acids is 2. The lowest BCUT2D eigenvalue weighted by Gasteiger charge is -2.06. The zero-order valence-electron chi connectivity index (χ0n) is 10.00. The van der Waals surface area contributed by atoms with Crippen molar-refractivity contribution in [3.8, 4) is 0 Å². The van der Waals surface area contributed by atoms with E-state index in [1.807, 2.05) is 0 Å². The Kier molecular flexibility index (Phi) is 5.02. The first-order valence-corrected chi connectivity index (χ1v) is 7.02. The molecule has 0 aliphatic carbocycles. The maximum atomic E-state index is 11.7. The van der Waals surface area contributed by atoms with Gasteiger partial charge in [0.05, 0.1) is 5.75 Å². The summed E-state index contributed by atoms with van der Waals surface area (Å²) in [6.07, 6.45) is 0.666. The van der Waals surface area contributed by atoms with E-state index in [0.717, 1.165) is 0 Å². The van der Waals surface area contributed by atoms with Gasteiger partial charge in [0.25, 0.3) is 16.0 Å². The molecule has 0 saturated carbocycles. The van der Waals surface area contributed by atoms with E-state index in [2.05, 4.69) is 5.32 Å². The number of nitrogens with two attached hydrogens (primary N) is 1. The summed E-state index contributed by atoms with van der Waals surface area (Å²) in [7, 11) is -4.02. The van der Waals surface area contributed by atoms with Crippen LogP contribution in [0.25, 0.3) is 0 Å². The minimum atomic E-state index is -4.02. The van der Waals surface area contributed by atoms with Gasteiger partial charge in [0, 0.05) is 23.4 Å². The number of anilines is 1. The van der Waals surface area contributed by atoms with E-state index in [1.54, 1.807) is 0 Å². The highest BCUT2D eigenvalue weighted by Crippen LogP contribution is 2.10. The van der Waals surface area contributed by atoms with Crippen molar-refractivity contribution in [1.29, 1.82) is 0 Å². The predicted molar refractivity (Wildman–Crippen MR) is 69.6 cm³/mol. The summed E-state index contributed by atoms with van der Waals surface area (Å²) in [6, 6.07) is 4.22. The summed E-state index contributed by atoms with van der Waals surface area (Å²) in [5, 5.41) is 2.46. The number of nitrogens with one attached hydrogen (secondary N) is 1. The van der Waals surface area contributed by atoms with Crippen molar-refractivity contribution in [2.45, 2.75) is 6.42 Å². The van der Waals surface area contributed by atoms with E-state index in [1.165, 1.54) is 18.2 Å². The smallest absolute Gasteiger partial charge is 0.264 e. The van der Waals surface area contributed by atoms with Crippen LogP contribution in [0.1, 0.15) is 27.1 Å². The normalized spacial score (nSPS) is 11.0. The van der Waals surface area contributed by atoms with E-state index in [9.17, 15) is 18.0 Å². The van der Waals surface area contributed by atoms with Crippen molar-refractivity contribution in [1.82, 2.24) is 5.32 Å². The van der Waals surface area contributed by atoms with Crippen molar-refractivity contribution in [2.24, 2.45) is 0 Å². The van der Waals surface area contributed by atoms with Gasteiger partial charge in [-0.15, -0.1) is 0 Å². The lowest BCUT2D eigenvalue weighted by atomic mass is 10.1. The van der Waals surface area contributed by atoms with Gasteiger partial charge < -0.3 is 11.1 Å². The third-order valence-corrected chi connectivity index (χ3v) is 3.05. The van der Waals surface area contributed by atoms with Crippen LogP contribution in [0.4, 0.5) is 5.69 Å². The minimum Gasteiger partial charge on any atom is -0.399 e. The molecule has 0 saturated heterocycles. The second-order valence-corrected chi connectivity index (χ2v) is 5.47. The van der Waals surface area contributed by atoms with Crippen LogP contribution in [0.2, 0.25) is 0 Å². The lowest BCUT2D eigenvalue weighted by molar-refractivity contribution is 0.0953. The van der Waals surface area contributed by atoms with Gasteiger partial charge in [-0.05, 0) is 24.6 Å². The maximum Gasteiger partial charge on any atom is 0.264 e. The quantitative estimate of drug-likeness (QED) is 0.294. The van der Waals surface area contributed by atoms with Crippen LogP contribution >= 0.6 is 0 Å². The van der Waals surface area contributed by atoms with E-state index in [-0.39, 0.29) is 29.8 Å². The van der Waals surface area contributed by atoms with E-state index < -0.39 is 21.8 Å². The molecule has 104 valence electrons. The summed E-state index contributed by atoms with van der Waals surface area (Å²) < 4.78 is 29.4. The fourth-order valence-electron chi connectivity index (χ4n) is 1.43. The second kappa shape index (κ2) is 6.30. The van der Waals surface area contributed by atoms with Crippen LogP contribution in [-0.4, -0.2) is 37.5 Å². The molecular weight excluding hydrogens is 272 g/mol. The first-order valence-electron chi connectivity index (χ1n) is 5.41. The Balaban J connectivity index is 2.59. The van der Waals surface area contributed by atoms with Gasteiger partial charge in [-0.2, -0.15) is 8.42 Å². The molecule has 19 heavy (non-hydrogen) atoms. The Morgan fingerprint density at radius 3 is 2.63 bits per heavy atom.